The minimum atomic E-state index is -0.613. The van der Waals surface area contributed by atoms with Crippen molar-refractivity contribution in [2.24, 2.45) is 7.05 Å². The van der Waals surface area contributed by atoms with Crippen molar-refractivity contribution in [1.29, 1.82) is 0 Å². The van der Waals surface area contributed by atoms with Gasteiger partial charge in [-0.15, -0.1) is 0 Å². The highest BCUT2D eigenvalue weighted by Gasteiger charge is 2.24. The number of hydrogen-bond acceptors (Lipinski definition) is 4. The second-order valence-corrected chi connectivity index (χ2v) is 9.67. The number of amides is 1. The zero-order valence-electron chi connectivity index (χ0n) is 21.2. The van der Waals surface area contributed by atoms with E-state index in [0.717, 1.165) is 22.0 Å². The highest BCUT2D eigenvalue weighted by molar-refractivity contribution is 6.08. The molecule has 6 heteroatoms. The van der Waals surface area contributed by atoms with Gasteiger partial charge in [0.25, 0.3) is 0 Å². The van der Waals surface area contributed by atoms with Crippen molar-refractivity contribution < 1.29 is 19.1 Å². The number of aromatic nitrogens is 1. The third kappa shape index (κ3) is 4.87. The number of nitrogens with zero attached hydrogens (tertiary/aromatic N) is 1. The van der Waals surface area contributed by atoms with E-state index < -0.39 is 17.7 Å². The van der Waals surface area contributed by atoms with Gasteiger partial charge in [-0.1, -0.05) is 48.5 Å². The summed E-state index contributed by atoms with van der Waals surface area (Å²) >= 11 is 0. The van der Waals surface area contributed by atoms with Gasteiger partial charge in [-0.2, -0.15) is 0 Å². The van der Waals surface area contributed by atoms with E-state index in [1.807, 2.05) is 44.5 Å². The van der Waals surface area contributed by atoms with Crippen molar-refractivity contribution in [3.8, 4) is 11.1 Å². The second kappa shape index (κ2) is 9.45. The van der Waals surface area contributed by atoms with Crippen LogP contribution in [0.25, 0.3) is 32.8 Å². The molecule has 1 heterocycles. The largest absolute Gasteiger partial charge is 0.462 e. The van der Waals surface area contributed by atoms with E-state index in [9.17, 15) is 9.59 Å². The maximum Gasteiger partial charge on any atom is 0.407 e. The van der Waals surface area contributed by atoms with E-state index in [-0.39, 0.29) is 13.2 Å². The molecule has 6 nitrogen and oxygen atoms in total. The van der Waals surface area contributed by atoms with Gasteiger partial charge in [-0.05, 0) is 68.1 Å². The molecule has 0 unspecified atom stereocenters. The molecule has 0 spiro atoms. The lowest BCUT2D eigenvalue weighted by atomic mass is 9.94. The predicted octanol–water partition coefficient (Wildman–Crippen LogP) is 6.51. The summed E-state index contributed by atoms with van der Waals surface area (Å²) in [5.74, 6) is -0.409. The molecule has 1 amide bonds. The maximum atomic E-state index is 13.0. The molecule has 0 radical (unpaired) electrons. The SMILES string of the molecule is CCOC(=O)c1c(CNC(=O)OC(C)(C)C)n(C)c2cc(-c3cccc4cccc(C)c34)ccc12. The van der Waals surface area contributed by atoms with E-state index in [2.05, 4.69) is 54.7 Å². The summed E-state index contributed by atoms with van der Waals surface area (Å²) in [7, 11) is 1.90. The van der Waals surface area contributed by atoms with Gasteiger partial charge in [0.2, 0.25) is 0 Å². The van der Waals surface area contributed by atoms with Gasteiger partial charge in [0.1, 0.15) is 5.60 Å². The molecule has 35 heavy (non-hydrogen) atoms. The second-order valence-electron chi connectivity index (χ2n) is 9.67. The molecule has 1 aromatic heterocycles. The van der Waals surface area contributed by atoms with E-state index in [0.29, 0.717) is 11.3 Å². The summed E-state index contributed by atoms with van der Waals surface area (Å²) in [6.07, 6.45) is -0.538. The number of fused-ring (bicyclic) bond motifs is 2. The molecule has 4 aromatic rings. The number of carbonyl (C=O) groups is 2. The summed E-state index contributed by atoms with van der Waals surface area (Å²) < 4.78 is 12.7. The van der Waals surface area contributed by atoms with Crippen LogP contribution >= 0.6 is 0 Å². The number of nitrogens with one attached hydrogen (secondary N) is 1. The van der Waals surface area contributed by atoms with Gasteiger partial charge in [-0.3, -0.25) is 0 Å². The summed E-state index contributed by atoms with van der Waals surface area (Å²) in [6, 6.07) is 18.7. The number of rotatable bonds is 5. The Morgan fingerprint density at radius 3 is 2.43 bits per heavy atom. The van der Waals surface area contributed by atoms with Crippen molar-refractivity contribution in [2.75, 3.05) is 6.61 Å². The van der Waals surface area contributed by atoms with Crippen LogP contribution in [0.5, 0.6) is 0 Å². The molecule has 0 aliphatic carbocycles. The van der Waals surface area contributed by atoms with Gasteiger partial charge in [0.15, 0.2) is 0 Å². The molecule has 4 rings (SSSR count). The van der Waals surface area contributed by atoms with Crippen LogP contribution in [0.4, 0.5) is 4.79 Å². The molecular weight excluding hydrogens is 440 g/mol. The first-order chi connectivity index (χ1) is 16.6. The van der Waals surface area contributed by atoms with Crippen molar-refractivity contribution in [3.05, 3.63) is 71.4 Å². The van der Waals surface area contributed by atoms with Crippen molar-refractivity contribution in [3.63, 3.8) is 0 Å². The predicted molar refractivity (Wildman–Crippen MR) is 140 cm³/mol. The Kier molecular flexibility index (Phi) is 6.57. The Morgan fingerprint density at radius 2 is 1.74 bits per heavy atom. The van der Waals surface area contributed by atoms with Gasteiger partial charge in [0.05, 0.1) is 24.4 Å². The molecule has 3 aromatic carbocycles. The summed E-state index contributed by atoms with van der Waals surface area (Å²) in [4.78, 5) is 25.3. The smallest absolute Gasteiger partial charge is 0.407 e. The first-order valence-corrected chi connectivity index (χ1v) is 11.8. The highest BCUT2D eigenvalue weighted by Crippen LogP contribution is 2.35. The number of esters is 1. The van der Waals surface area contributed by atoms with E-state index in [1.54, 1.807) is 6.92 Å². The number of benzene rings is 3. The van der Waals surface area contributed by atoms with Gasteiger partial charge in [0, 0.05) is 18.0 Å². The number of hydrogen-bond donors (Lipinski definition) is 1. The van der Waals surface area contributed by atoms with Crippen LogP contribution in [0, 0.1) is 6.92 Å². The van der Waals surface area contributed by atoms with Crippen LogP contribution in [0.2, 0.25) is 0 Å². The molecule has 1 N–H and O–H groups in total. The van der Waals surface area contributed by atoms with Crippen LogP contribution < -0.4 is 5.32 Å². The Bertz CT molecular complexity index is 1420. The normalized spacial score (nSPS) is 11.6. The monoisotopic (exact) mass is 472 g/mol. The van der Waals surface area contributed by atoms with Crippen LogP contribution in [0.3, 0.4) is 0 Å². The topological polar surface area (TPSA) is 69.6 Å². The highest BCUT2D eigenvalue weighted by atomic mass is 16.6. The minimum Gasteiger partial charge on any atom is -0.462 e. The Morgan fingerprint density at radius 1 is 1.03 bits per heavy atom. The Hall–Kier alpha value is -3.80. The molecule has 0 saturated heterocycles. The molecule has 0 atom stereocenters. The quantitative estimate of drug-likeness (QED) is 0.336. The van der Waals surface area contributed by atoms with Crippen LogP contribution in [-0.4, -0.2) is 28.8 Å². The fraction of sp³-hybridized carbons (Fsp3) is 0.310. The van der Waals surface area contributed by atoms with Crippen molar-refractivity contribution >= 4 is 33.7 Å². The lowest BCUT2D eigenvalue weighted by Crippen LogP contribution is -2.33. The first-order valence-electron chi connectivity index (χ1n) is 11.8. The van der Waals surface area contributed by atoms with Crippen molar-refractivity contribution in [2.45, 2.75) is 46.8 Å². The molecule has 182 valence electrons. The average molecular weight is 473 g/mol. The number of alkyl carbamates (subject to hydrolysis) is 1. The zero-order chi connectivity index (χ0) is 25.3. The summed E-state index contributed by atoms with van der Waals surface area (Å²) in [5.41, 5.74) is 4.79. The lowest BCUT2D eigenvalue weighted by molar-refractivity contribution is 0.0502. The zero-order valence-corrected chi connectivity index (χ0v) is 21.2. The Labute approximate surface area is 205 Å². The standard InChI is InChI=1S/C29H32N2O4/c1-7-34-27(32)26-22-15-14-20(21-13-9-12-19-11-8-10-18(2)25(19)21)16-23(22)31(6)24(26)17-30-28(33)35-29(3,4)5/h8-16H,7,17H2,1-6H3,(H,30,33). The fourth-order valence-corrected chi connectivity index (χ4v) is 4.53. The van der Waals surface area contributed by atoms with E-state index in [1.165, 1.54) is 16.3 Å². The lowest BCUT2D eigenvalue weighted by Gasteiger charge is -2.20. The third-order valence-corrected chi connectivity index (χ3v) is 6.02. The first kappa shape index (κ1) is 24.3. The number of carbonyl (C=O) groups excluding carboxylic acids is 2. The van der Waals surface area contributed by atoms with E-state index >= 15 is 0 Å². The number of aryl methyl sites for hydroxylation is 2. The summed E-state index contributed by atoms with van der Waals surface area (Å²) in [6.45, 7) is 9.73. The average Bonchev–Trinajstić information content (AvgIpc) is 3.07. The van der Waals surface area contributed by atoms with Crippen LogP contribution in [0.15, 0.2) is 54.6 Å². The maximum absolute atomic E-state index is 13.0. The van der Waals surface area contributed by atoms with Crippen molar-refractivity contribution in [1.82, 2.24) is 9.88 Å². The van der Waals surface area contributed by atoms with Crippen LogP contribution in [0.1, 0.15) is 49.3 Å². The number of ether oxygens (including phenoxy) is 2. The van der Waals surface area contributed by atoms with E-state index in [4.69, 9.17) is 9.47 Å². The molecule has 0 aliphatic heterocycles. The molecule has 0 aliphatic rings. The third-order valence-electron chi connectivity index (χ3n) is 6.02. The molecule has 0 fully saturated rings. The van der Waals surface area contributed by atoms with Crippen LogP contribution in [-0.2, 0) is 23.1 Å². The molecule has 0 saturated carbocycles. The van der Waals surface area contributed by atoms with Gasteiger partial charge >= 0.3 is 12.1 Å². The summed E-state index contributed by atoms with van der Waals surface area (Å²) in [5, 5.41) is 5.96. The Balaban J connectivity index is 1.82. The fourth-order valence-electron chi connectivity index (χ4n) is 4.53. The minimum absolute atomic E-state index is 0.136. The van der Waals surface area contributed by atoms with Gasteiger partial charge < -0.3 is 19.4 Å². The molecular formula is C29H32N2O4. The molecule has 0 bridgehead atoms. The van der Waals surface area contributed by atoms with Gasteiger partial charge in [-0.25, -0.2) is 9.59 Å².